The predicted molar refractivity (Wildman–Crippen MR) is 111 cm³/mol. The molecule has 0 N–H and O–H groups in total. The van der Waals surface area contributed by atoms with Gasteiger partial charge in [-0.3, -0.25) is 14.9 Å². The molecule has 1 aliphatic rings. The molecule has 0 saturated carbocycles. The Hall–Kier alpha value is -2.57. The van der Waals surface area contributed by atoms with E-state index in [0.29, 0.717) is 5.16 Å². The van der Waals surface area contributed by atoms with Crippen LogP contribution >= 0.6 is 11.8 Å². The van der Waals surface area contributed by atoms with Crippen molar-refractivity contribution in [3.05, 3.63) is 51.8 Å². The molecule has 0 bridgehead atoms. The highest BCUT2D eigenvalue weighted by Crippen LogP contribution is 2.22. The lowest BCUT2D eigenvalue weighted by Gasteiger charge is -2.33. The van der Waals surface area contributed by atoms with Crippen LogP contribution in [0.3, 0.4) is 0 Å². The number of non-ortho nitro benzene ring substituents is 1. The standard InChI is InChI=1S/C18H21N5O5S2/c1-13-10-14(2)20-18(19-13)29-12-17(24)21-6-8-22(9-7-21)30(27,28)16-5-3-4-15(11-16)23(25)26/h3-5,10-11H,6-9,12H2,1-2H3. The second-order valence-electron chi connectivity index (χ2n) is 6.76. The summed E-state index contributed by atoms with van der Waals surface area (Å²) in [6, 6.07) is 6.82. The van der Waals surface area contributed by atoms with Gasteiger partial charge in [-0.1, -0.05) is 17.8 Å². The Labute approximate surface area is 178 Å². The van der Waals surface area contributed by atoms with Gasteiger partial charge in [-0.25, -0.2) is 18.4 Å². The van der Waals surface area contributed by atoms with Crippen molar-refractivity contribution in [3.8, 4) is 0 Å². The van der Waals surface area contributed by atoms with E-state index in [1.54, 1.807) is 4.90 Å². The van der Waals surface area contributed by atoms with Crippen LogP contribution in [-0.4, -0.2) is 70.4 Å². The quantitative estimate of drug-likeness (QED) is 0.281. The molecule has 3 rings (SSSR count). The van der Waals surface area contributed by atoms with Crippen LogP contribution in [0.5, 0.6) is 0 Å². The summed E-state index contributed by atoms with van der Waals surface area (Å²) in [5, 5.41) is 11.5. The van der Waals surface area contributed by atoms with Gasteiger partial charge in [-0.2, -0.15) is 4.31 Å². The minimum atomic E-state index is -3.87. The molecule has 1 amide bonds. The molecule has 0 aliphatic carbocycles. The monoisotopic (exact) mass is 451 g/mol. The number of sulfonamides is 1. The summed E-state index contributed by atoms with van der Waals surface area (Å²) in [5.74, 6) is 0.0516. The van der Waals surface area contributed by atoms with Gasteiger partial charge < -0.3 is 4.90 Å². The molecule has 0 radical (unpaired) electrons. The zero-order chi connectivity index (χ0) is 21.9. The Bertz CT molecular complexity index is 1050. The summed E-state index contributed by atoms with van der Waals surface area (Å²) in [4.78, 5) is 32.8. The first-order chi connectivity index (χ1) is 14.2. The number of nitrogens with zero attached hydrogens (tertiary/aromatic N) is 5. The van der Waals surface area contributed by atoms with Gasteiger partial charge in [0, 0.05) is 49.7 Å². The molecule has 2 aromatic rings. The first-order valence-electron chi connectivity index (χ1n) is 9.14. The second kappa shape index (κ2) is 9.06. The molecule has 160 valence electrons. The lowest BCUT2D eigenvalue weighted by atomic mass is 10.3. The highest BCUT2D eigenvalue weighted by molar-refractivity contribution is 7.99. The van der Waals surface area contributed by atoms with Crippen LogP contribution in [0.15, 0.2) is 40.4 Å². The van der Waals surface area contributed by atoms with Crippen molar-refractivity contribution in [3.63, 3.8) is 0 Å². The number of piperazine rings is 1. The molecular formula is C18H21N5O5S2. The van der Waals surface area contributed by atoms with Gasteiger partial charge in [0.15, 0.2) is 5.16 Å². The molecule has 1 saturated heterocycles. The number of hydrogen-bond acceptors (Lipinski definition) is 8. The molecule has 1 fully saturated rings. The minimum absolute atomic E-state index is 0.116. The summed E-state index contributed by atoms with van der Waals surface area (Å²) in [5.41, 5.74) is 1.38. The number of carbonyl (C=O) groups is 1. The fourth-order valence-electron chi connectivity index (χ4n) is 3.06. The summed E-state index contributed by atoms with van der Waals surface area (Å²) in [7, 11) is -3.87. The van der Waals surface area contributed by atoms with Gasteiger partial charge >= 0.3 is 0 Å². The molecule has 2 heterocycles. The van der Waals surface area contributed by atoms with E-state index in [1.165, 1.54) is 34.3 Å². The van der Waals surface area contributed by atoms with Gasteiger partial charge in [0.2, 0.25) is 15.9 Å². The molecule has 0 spiro atoms. The van der Waals surface area contributed by atoms with Crippen LogP contribution in [0.25, 0.3) is 0 Å². The van der Waals surface area contributed by atoms with Crippen molar-refractivity contribution in [2.45, 2.75) is 23.9 Å². The van der Waals surface area contributed by atoms with E-state index in [4.69, 9.17) is 0 Å². The lowest BCUT2D eigenvalue weighted by Crippen LogP contribution is -2.50. The predicted octanol–water partition coefficient (Wildman–Crippen LogP) is 1.63. The fraction of sp³-hybridized carbons (Fsp3) is 0.389. The van der Waals surface area contributed by atoms with Gasteiger partial charge in [0.1, 0.15) is 0 Å². The van der Waals surface area contributed by atoms with Crippen molar-refractivity contribution in [1.82, 2.24) is 19.2 Å². The van der Waals surface area contributed by atoms with Gasteiger partial charge in [0.05, 0.1) is 15.6 Å². The SMILES string of the molecule is Cc1cc(C)nc(SCC(=O)N2CCN(S(=O)(=O)c3cccc([N+](=O)[O-])c3)CC2)n1. The maximum Gasteiger partial charge on any atom is 0.270 e. The molecule has 0 unspecified atom stereocenters. The van der Waals surface area contributed by atoms with Crippen LogP contribution in [0.4, 0.5) is 5.69 Å². The van der Waals surface area contributed by atoms with E-state index in [-0.39, 0.29) is 48.4 Å². The third-order valence-electron chi connectivity index (χ3n) is 4.54. The van der Waals surface area contributed by atoms with Gasteiger partial charge in [0.25, 0.3) is 5.69 Å². The summed E-state index contributed by atoms with van der Waals surface area (Å²) < 4.78 is 26.8. The number of aromatic nitrogens is 2. The van der Waals surface area contributed by atoms with Crippen molar-refractivity contribution < 1.29 is 18.1 Å². The normalized spacial score (nSPS) is 15.2. The van der Waals surface area contributed by atoms with Crippen molar-refractivity contribution in [1.29, 1.82) is 0 Å². The average Bonchev–Trinajstić information content (AvgIpc) is 2.71. The Morgan fingerprint density at radius 3 is 2.37 bits per heavy atom. The first kappa shape index (κ1) is 22.1. The molecule has 1 aliphatic heterocycles. The maximum absolute atomic E-state index is 12.8. The molecule has 30 heavy (non-hydrogen) atoms. The summed E-state index contributed by atoms with van der Waals surface area (Å²) in [6.45, 7) is 4.48. The van der Waals surface area contributed by atoms with Crippen LogP contribution in [0.1, 0.15) is 11.4 Å². The third-order valence-corrected chi connectivity index (χ3v) is 7.27. The van der Waals surface area contributed by atoms with Crippen molar-refractivity contribution in [2.75, 3.05) is 31.9 Å². The largest absolute Gasteiger partial charge is 0.339 e. The van der Waals surface area contributed by atoms with Crippen molar-refractivity contribution in [2.24, 2.45) is 0 Å². The van der Waals surface area contributed by atoms with E-state index in [2.05, 4.69) is 9.97 Å². The van der Waals surface area contributed by atoms with Crippen molar-refractivity contribution >= 4 is 33.4 Å². The van der Waals surface area contributed by atoms with Crippen LogP contribution in [0.2, 0.25) is 0 Å². The zero-order valence-electron chi connectivity index (χ0n) is 16.5. The second-order valence-corrected chi connectivity index (χ2v) is 9.64. The Morgan fingerprint density at radius 1 is 1.13 bits per heavy atom. The summed E-state index contributed by atoms with van der Waals surface area (Å²) >= 11 is 1.25. The molecular weight excluding hydrogens is 430 g/mol. The number of amides is 1. The number of rotatable bonds is 6. The van der Waals surface area contributed by atoms with E-state index >= 15 is 0 Å². The first-order valence-corrected chi connectivity index (χ1v) is 11.6. The highest BCUT2D eigenvalue weighted by Gasteiger charge is 2.31. The fourth-order valence-corrected chi connectivity index (χ4v) is 5.37. The number of hydrogen-bond donors (Lipinski definition) is 0. The number of carbonyl (C=O) groups excluding carboxylic acids is 1. The van der Waals surface area contributed by atoms with Crippen LogP contribution in [0, 0.1) is 24.0 Å². The molecule has 10 nitrogen and oxygen atoms in total. The number of nitro benzene ring substituents is 1. The average molecular weight is 452 g/mol. The minimum Gasteiger partial charge on any atom is -0.339 e. The molecule has 1 aromatic carbocycles. The summed E-state index contributed by atoms with van der Waals surface area (Å²) in [6.07, 6.45) is 0. The van der Waals surface area contributed by atoms with E-state index in [1.807, 2.05) is 19.9 Å². The Morgan fingerprint density at radius 2 is 1.77 bits per heavy atom. The molecule has 12 heteroatoms. The number of benzene rings is 1. The topological polar surface area (TPSA) is 127 Å². The van der Waals surface area contributed by atoms with Crippen LogP contribution < -0.4 is 0 Å². The Kier molecular flexibility index (Phi) is 6.68. The number of thioether (sulfide) groups is 1. The molecule has 1 aromatic heterocycles. The van der Waals surface area contributed by atoms with Crippen LogP contribution in [-0.2, 0) is 14.8 Å². The van der Waals surface area contributed by atoms with E-state index < -0.39 is 14.9 Å². The van der Waals surface area contributed by atoms with E-state index in [9.17, 15) is 23.3 Å². The number of aryl methyl sites for hydroxylation is 2. The third kappa shape index (κ3) is 5.12. The highest BCUT2D eigenvalue weighted by atomic mass is 32.2. The smallest absolute Gasteiger partial charge is 0.270 e. The number of nitro groups is 1. The lowest BCUT2D eigenvalue weighted by molar-refractivity contribution is -0.385. The van der Waals surface area contributed by atoms with E-state index in [0.717, 1.165) is 17.5 Å². The zero-order valence-corrected chi connectivity index (χ0v) is 18.1. The maximum atomic E-state index is 12.8. The molecule has 0 atom stereocenters. The van der Waals surface area contributed by atoms with Gasteiger partial charge in [-0.15, -0.1) is 0 Å². The van der Waals surface area contributed by atoms with Gasteiger partial charge in [-0.05, 0) is 26.0 Å². The Balaban J connectivity index is 1.59.